The molecule has 0 aliphatic rings. The van der Waals surface area contributed by atoms with Crippen LogP contribution in [0.3, 0.4) is 0 Å². The van der Waals surface area contributed by atoms with Gasteiger partial charge in [-0.15, -0.1) is 0 Å². The number of aromatic nitrogens is 2. The van der Waals surface area contributed by atoms with Crippen LogP contribution >= 0.6 is 35.4 Å². The number of methoxy groups -OCH3 is 1. The maximum Gasteiger partial charge on any atom is 0.171 e. The van der Waals surface area contributed by atoms with Crippen LogP contribution < -0.4 is 10.6 Å². The van der Waals surface area contributed by atoms with Gasteiger partial charge in [0, 0.05) is 32.5 Å². The second-order valence-electron chi connectivity index (χ2n) is 4.87. The quantitative estimate of drug-likeness (QED) is 0.574. The number of rotatable bonds is 7. The number of thiocarbonyl (C=S) groups is 1. The molecular formula is C15H18Cl2N4OS. The Kier molecular flexibility index (Phi) is 7.11. The van der Waals surface area contributed by atoms with Gasteiger partial charge in [0.25, 0.3) is 0 Å². The summed E-state index contributed by atoms with van der Waals surface area (Å²) in [6, 6.07) is 7.40. The third kappa shape index (κ3) is 5.99. The monoisotopic (exact) mass is 372 g/mol. The van der Waals surface area contributed by atoms with Gasteiger partial charge in [-0.2, -0.15) is 5.10 Å². The van der Waals surface area contributed by atoms with Crippen molar-refractivity contribution in [2.75, 3.05) is 25.6 Å². The van der Waals surface area contributed by atoms with Gasteiger partial charge >= 0.3 is 0 Å². The molecule has 1 heterocycles. The fraction of sp³-hybridized carbons (Fsp3) is 0.333. The van der Waals surface area contributed by atoms with Gasteiger partial charge in [0.15, 0.2) is 10.9 Å². The second kappa shape index (κ2) is 9.08. The second-order valence-corrected chi connectivity index (χ2v) is 6.10. The van der Waals surface area contributed by atoms with E-state index in [2.05, 4.69) is 15.7 Å². The van der Waals surface area contributed by atoms with Crippen molar-refractivity contribution in [3.63, 3.8) is 0 Å². The van der Waals surface area contributed by atoms with E-state index in [9.17, 15) is 0 Å². The fourth-order valence-electron chi connectivity index (χ4n) is 1.92. The summed E-state index contributed by atoms with van der Waals surface area (Å²) in [5.74, 6) is 0.689. The Morgan fingerprint density at radius 2 is 2.13 bits per heavy atom. The SMILES string of the molecule is COCCCNC(=S)Nc1ccn(Cc2ccc(Cl)c(Cl)c2)n1. The fourth-order valence-corrected chi connectivity index (χ4v) is 2.45. The highest BCUT2D eigenvalue weighted by Gasteiger charge is 2.04. The molecule has 0 fully saturated rings. The molecule has 2 rings (SSSR count). The summed E-state index contributed by atoms with van der Waals surface area (Å²) >= 11 is 17.1. The summed E-state index contributed by atoms with van der Waals surface area (Å²) in [6.07, 6.45) is 2.77. The van der Waals surface area contributed by atoms with Crippen molar-refractivity contribution in [1.29, 1.82) is 0 Å². The number of hydrogen-bond acceptors (Lipinski definition) is 3. The van der Waals surface area contributed by atoms with Gasteiger partial charge in [0.1, 0.15) is 0 Å². The van der Waals surface area contributed by atoms with Crippen LogP contribution in [-0.4, -0.2) is 35.2 Å². The Bertz CT molecular complexity index is 663. The first kappa shape index (κ1) is 18.0. The van der Waals surface area contributed by atoms with E-state index in [0.717, 1.165) is 18.5 Å². The first-order valence-electron chi connectivity index (χ1n) is 7.09. The number of nitrogens with one attached hydrogen (secondary N) is 2. The molecule has 23 heavy (non-hydrogen) atoms. The van der Waals surface area contributed by atoms with Gasteiger partial charge < -0.3 is 15.4 Å². The van der Waals surface area contributed by atoms with Gasteiger partial charge in [-0.05, 0) is 36.3 Å². The lowest BCUT2D eigenvalue weighted by Crippen LogP contribution is -2.30. The highest BCUT2D eigenvalue weighted by atomic mass is 35.5. The number of nitrogens with zero attached hydrogens (tertiary/aromatic N) is 2. The zero-order valence-corrected chi connectivity index (χ0v) is 15.0. The van der Waals surface area contributed by atoms with Crippen molar-refractivity contribution in [3.05, 3.63) is 46.1 Å². The Morgan fingerprint density at radius 1 is 1.30 bits per heavy atom. The highest BCUT2D eigenvalue weighted by molar-refractivity contribution is 7.80. The molecule has 0 bridgehead atoms. The van der Waals surface area contributed by atoms with Crippen molar-refractivity contribution in [3.8, 4) is 0 Å². The Labute approximate surface area is 150 Å². The maximum atomic E-state index is 6.02. The van der Waals surface area contributed by atoms with Gasteiger partial charge in [0.2, 0.25) is 0 Å². The van der Waals surface area contributed by atoms with E-state index in [-0.39, 0.29) is 0 Å². The molecule has 1 aromatic carbocycles. The van der Waals surface area contributed by atoms with Crippen molar-refractivity contribution in [2.24, 2.45) is 0 Å². The standard InChI is InChI=1S/C15H18Cl2N4OS/c1-22-8-2-6-18-15(23)19-14-5-7-21(20-14)10-11-3-4-12(16)13(17)9-11/h3-5,7,9H,2,6,8,10H2,1H3,(H2,18,19,20,23). The molecule has 0 radical (unpaired) electrons. The third-order valence-electron chi connectivity index (χ3n) is 3.02. The summed E-state index contributed by atoms with van der Waals surface area (Å²) in [5, 5.41) is 12.2. The summed E-state index contributed by atoms with van der Waals surface area (Å²) in [5.41, 5.74) is 1.02. The predicted molar refractivity (Wildman–Crippen MR) is 98.5 cm³/mol. The Balaban J connectivity index is 1.85. The summed E-state index contributed by atoms with van der Waals surface area (Å²) in [7, 11) is 1.68. The van der Waals surface area contributed by atoms with Crippen LogP contribution in [-0.2, 0) is 11.3 Å². The molecule has 0 unspecified atom stereocenters. The van der Waals surface area contributed by atoms with E-state index in [1.807, 2.05) is 24.4 Å². The Hall–Kier alpha value is -1.34. The van der Waals surface area contributed by atoms with Gasteiger partial charge in [0.05, 0.1) is 16.6 Å². The molecule has 2 N–H and O–H groups in total. The minimum absolute atomic E-state index is 0.538. The molecule has 0 saturated heterocycles. The molecule has 8 heteroatoms. The van der Waals surface area contributed by atoms with E-state index < -0.39 is 0 Å². The largest absolute Gasteiger partial charge is 0.385 e. The summed E-state index contributed by atoms with van der Waals surface area (Å²) < 4.78 is 6.78. The van der Waals surface area contributed by atoms with E-state index >= 15 is 0 Å². The van der Waals surface area contributed by atoms with Crippen LogP contribution in [0.1, 0.15) is 12.0 Å². The van der Waals surface area contributed by atoms with Crippen LogP contribution in [0.15, 0.2) is 30.5 Å². The van der Waals surface area contributed by atoms with E-state index in [1.165, 1.54) is 0 Å². The van der Waals surface area contributed by atoms with Gasteiger partial charge in [-0.25, -0.2) is 0 Å². The minimum Gasteiger partial charge on any atom is -0.385 e. The smallest absolute Gasteiger partial charge is 0.171 e. The number of hydrogen-bond donors (Lipinski definition) is 2. The van der Waals surface area contributed by atoms with Crippen molar-refractivity contribution >= 4 is 46.4 Å². The van der Waals surface area contributed by atoms with Crippen LogP contribution in [0.25, 0.3) is 0 Å². The Morgan fingerprint density at radius 3 is 2.87 bits per heavy atom. The van der Waals surface area contributed by atoms with Crippen LogP contribution in [0, 0.1) is 0 Å². The average molecular weight is 373 g/mol. The molecule has 0 spiro atoms. The first-order chi connectivity index (χ1) is 11.1. The molecule has 124 valence electrons. The third-order valence-corrected chi connectivity index (χ3v) is 4.01. The zero-order valence-electron chi connectivity index (χ0n) is 12.7. The van der Waals surface area contributed by atoms with Gasteiger partial charge in [-0.3, -0.25) is 4.68 Å². The van der Waals surface area contributed by atoms with E-state index in [0.29, 0.717) is 34.1 Å². The first-order valence-corrected chi connectivity index (χ1v) is 8.26. The lowest BCUT2D eigenvalue weighted by Gasteiger charge is -2.08. The van der Waals surface area contributed by atoms with Crippen molar-refractivity contribution < 1.29 is 4.74 Å². The lowest BCUT2D eigenvalue weighted by molar-refractivity contribution is 0.196. The summed E-state index contributed by atoms with van der Waals surface area (Å²) in [6.45, 7) is 2.06. The van der Waals surface area contributed by atoms with Crippen LogP contribution in [0.2, 0.25) is 10.0 Å². The maximum absolute atomic E-state index is 6.02. The topological polar surface area (TPSA) is 51.1 Å². The van der Waals surface area contributed by atoms with Crippen LogP contribution in [0.5, 0.6) is 0 Å². The average Bonchev–Trinajstić information content (AvgIpc) is 2.94. The van der Waals surface area contributed by atoms with E-state index in [1.54, 1.807) is 17.9 Å². The van der Waals surface area contributed by atoms with Crippen LogP contribution in [0.4, 0.5) is 5.82 Å². The number of anilines is 1. The highest BCUT2D eigenvalue weighted by Crippen LogP contribution is 2.23. The molecule has 2 aromatic rings. The molecule has 5 nitrogen and oxygen atoms in total. The molecule has 0 saturated carbocycles. The number of halogens is 2. The van der Waals surface area contributed by atoms with Gasteiger partial charge in [-0.1, -0.05) is 29.3 Å². The molecule has 0 aliphatic heterocycles. The van der Waals surface area contributed by atoms with E-state index in [4.69, 9.17) is 40.2 Å². The number of ether oxygens (including phenoxy) is 1. The molecular weight excluding hydrogens is 355 g/mol. The lowest BCUT2D eigenvalue weighted by atomic mass is 10.2. The molecule has 1 aromatic heterocycles. The molecule has 0 atom stereocenters. The molecule has 0 aliphatic carbocycles. The van der Waals surface area contributed by atoms with Crippen molar-refractivity contribution in [2.45, 2.75) is 13.0 Å². The normalized spacial score (nSPS) is 10.6. The minimum atomic E-state index is 0.538. The predicted octanol–water partition coefficient (Wildman–Crippen LogP) is 3.56. The summed E-state index contributed by atoms with van der Waals surface area (Å²) in [4.78, 5) is 0. The van der Waals surface area contributed by atoms with Crippen molar-refractivity contribution in [1.82, 2.24) is 15.1 Å². The number of benzene rings is 1. The molecule has 0 amide bonds. The zero-order chi connectivity index (χ0) is 16.7.